The topological polar surface area (TPSA) is 143 Å². The largest absolute Gasteiger partial charge is 0.463 e. The Morgan fingerprint density at radius 1 is 1.09 bits per heavy atom. The van der Waals surface area contributed by atoms with E-state index in [4.69, 9.17) is 18.9 Å². The van der Waals surface area contributed by atoms with Crippen LogP contribution in [0.2, 0.25) is 0 Å². The van der Waals surface area contributed by atoms with Crippen molar-refractivity contribution < 1.29 is 38.1 Å². The molecule has 1 N–H and O–H groups in total. The highest BCUT2D eigenvalue weighted by Crippen LogP contribution is 2.29. The molecular weight excluding hydrogens is 454 g/mol. The molecule has 0 radical (unpaired) electrons. The normalized spacial score (nSPS) is 22.2. The Labute approximate surface area is 193 Å². The van der Waals surface area contributed by atoms with Crippen molar-refractivity contribution in [2.45, 2.75) is 51.7 Å². The summed E-state index contributed by atoms with van der Waals surface area (Å²) >= 11 is 1.12. The highest BCUT2D eigenvalue weighted by atomic mass is 32.1. The van der Waals surface area contributed by atoms with Gasteiger partial charge < -0.3 is 24.3 Å². The zero-order valence-electron chi connectivity index (χ0n) is 18.2. The number of carbonyl (C=O) groups is 4. The van der Waals surface area contributed by atoms with Crippen molar-refractivity contribution >= 4 is 40.2 Å². The van der Waals surface area contributed by atoms with Crippen molar-refractivity contribution in [3.8, 4) is 0 Å². The minimum atomic E-state index is -0.969. The van der Waals surface area contributed by atoms with Gasteiger partial charge in [0, 0.05) is 45.1 Å². The van der Waals surface area contributed by atoms with Crippen molar-refractivity contribution in [2.75, 3.05) is 11.9 Å². The summed E-state index contributed by atoms with van der Waals surface area (Å²) in [5.74, 6) is -1.91. The molecule has 0 saturated carbocycles. The van der Waals surface area contributed by atoms with Crippen molar-refractivity contribution in [1.29, 1.82) is 0 Å². The van der Waals surface area contributed by atoms with Gasteiger partial charge in [0.25, 0.3) is 0 Å². The minimum absolute atomic E-state index is 0.126. The van der Waals surface area contributed by atoms with Crippen LogP contribution in [0.4, 0.5) is 5.13 Å². The molecule has 1 fully saturated rings. The molecule has 0 aliphatic carbocycles. The number of aromatic nitrogens is 2. The van der Waals surface area contributed by atoms with Crippen molar-refractivity contribution in [2.24, 2.45) is 0 Å². The summed E-state index contributed by atoms with van der Waals surface area (Å²) in [6, 6.07) is 3.22. The Kier molecular flexibility index (Phi) is 8.06. The molecule has 4 atom stereocenters. The maximum atomic E-state index is 12.6. The van der Waals surface area contributed by atoms with Crippen LogP contribution < -0.4 is 5.32 Å². The van der Waals surface area contributed by atoms with E-state index >= 15 is 0 Å². The summed E-state index contributed by atoms with van der Waals surface area (Å²) in [7, 11) is 0. The highest BCUT2D eigenvalue weighted by Gasteiger charge is 2.44. The molecule has 2 aromatic heterocycles. The lowest BCUT2D eigenvalue weighted by Gasteiger charge is -2.40. The first-order valence-electron chi connectivity index (χ1n) is 10.0. The van der Waals surface area contributed by atoms with Crippen LogP contribution in [0.1, 0.15) is 42.4 Å². The first kappa shape index (κ1) is 24.3. The molecule has 0 spiro atoms. The quantitative estimate of drug-likeness (QED) is 0.337. The van der Waals surface area contributed by atoms with Gasteiger partial charge in [-0.15, -0.1) is 0 Å². The van der Waals surface area contributed by atoms with Gasteiger partial charge in [-0.1, -0.05) is 11.3 Å². The van der Waals surface area contributed by atoms with Crippen LogP contribution in [0, 0.1) is 0 Å². The van der Waals surface area contributed by atoms with Crippen LogP contribution in [-0.4, -0.2) is 64.8 Å². The van der Waals surface area contributed by atoms with Crippen LogP contribution in [0.25, 0.3) is 0 Å². The molecule has 11 nitrogen and oxygen atoms in total. The third-order valence-electron chi connectivity index (χ3n) is 4.55. The number of anilines is 1. The second-order valence-electron chi connectivity index (χ2n) is 7.16. The Bertz CT molecular complexity index is 1010. The van der Waals surface area contributed by atoms with E-state index in [0.717, 1.165) is 11.3 Å². The molecule has 1 saturated heterocycles. The summed E-state index contributed by atoms with van der Waals surface area (Å²) in [5.41, 5.74) is 0.481. The predicted molar refractivity (Wildman–Crippen MR) is 114 cm³/mol. The van der Waals surface area contributed by atoms with Crippen LogP contribution in [0.15, 0.2) is 30.7 Å². The lowest BCUT2D eigenvalue weighted by Crippen LogP contribution is -2.55. The van der Waals surface area contributed by atoms with Crippen LogP contribution >= 0.6 is 11.3 Å². The number of nitrogens with zero attached hydrogens (tertiary/aromatic N) is 2. The maximum Gasteiger partial charge on any atom is 0.303 e. The van der Waals surface area contributed by atoms with E-state index in [2.05, 4.69) is 15.3 Å². The smallest absolute Gasteiger partial charge is 0.303 e. The molecule has 2 unspecified atom stereocenters. The van der Waals surface area contributed by atoms with Gasteiger partial charge in [0.15, 0.2) is 11.2 Å². The molecule has 2 aromatic rings. The molecular formula is C21H23N3O8S. The number of esters is 3. The lowest BCUT2D eigenvalue weighted by atomic mass is 10.0. The second-order valence-corrected chi connectivity index (χ2v) is 8.19. The zero-order chi connectivity index (χ0) is 24.0. The number of ether oxygens (including phenoxy) is 4. The van der Waals surface area contributed by atoms with Gasteiger partial charge in [0.1, 0.15) is 25.0 Å². The van der Waals surface area contributed by atoms with Gasteiger partial charge in [0.05, 0.1) is 11.1 Å². The number of rotatable bonds is 8. The standard InChI is InChI=1S/C21H23N3O8S/c1-11(25)29-10-16-20(31-13(3)27)15(30-12(2)26)8-18(32-16)24-21-23-9-17(33-21)19(28)14-4-6-22-7-5-14/h4-7,9,15-16,18,20H,8,10H2,1-3H3,(H,23,24)/t15-,16?,18+,20?/m1/s1. The van der Waals surface area contributed by atoms with E-state index in [0.29, 0.717) is 15.6 Å². The van der Waals surface area contributed by atoms with Crippen molar-refractivity contribution in [3.63, 3.8) is 0 Å². The molecule has 1 aliphatic rings. The van der Waals surface area contributed by atoms with Crippen LogP contribution in [0.3, 0.4) is 0 Å². The fourth-order valence-corrected chi connectivity index (χ4v) is 4.08. The van der Waals surface area contributed by atoms with Gasteiger partial charge in [-0.05, 0) is 12.1 Å². The number of pyridine rings is 1. The minimum Gasteiger partial charge on any atom is -0.463 e. The molecule has 3 rings (SSSR count). The first-order chi connectivity index (χ1) is 15.7. The third-order valence-corrected chi connectivity index (χ3v) is 5.47. The molecule has 176 valence electrons. The molecule has 12 heteroatoms. The Hall–Kier alpha value is -3.38. The highest BCUT2D eigenvalue weighted by molar-refractivity contribution is 7.17. The second kappa shape index (κ2) is 11.0. The third kappa shape index (κ3) is 6.80. The molecule has 0 aromatic carbocycles. The number of nitrogens with one attached hydrogen (secondary N) is 1. The van der Waals surface area contributed by atoms with Gasteiger partial charge >= 0.3 is 17.9 Å². The van der Waals surface area contributed by atoms with Crippen LogP contribution in [0.5, 0.6) is 0 Å². The Balaban J connectivity index is 1.76. The summed E-state index contributed by atoms with van der Waals surface area (Å²) in [4.78, 5) is 55.7. The van der Waals surface area contributed by atoms with Crippen molar-refractivity contribution in [3.05, 3.63) is 41.2 Å². The number of hydrogen-bond acceptors (Lipinski definition) is 12. The number of ketones is 1. The van der Waals surface area contributed by atoms with E-state index in [1.807, 2.05) is 0 Å². The monoisotopic (exact) mass is 477 g/mol. The molecule has 0 bridgehead atoms. The van der Waals surface area contributed by atoms with Gasteiger partial charge in [-0.3, -0.25) is 24.2 Å². The predicted octanol–water partition coefficient (Wildman–Crippen LogP) is 1.72. The summed E-state index contributed by atoms with van der Waals surface area (Å²) in [6.45, 7) is 3.48. The van der Waals surface area contributed by atoms with E-state index in [1.54, 1.807) is 12.1 Å². The number of thiazole rings is 1. The number of carbonyl (C=O) groups excluding carboxylic acids is 4. The average molecular weight is 477 g/mol. The Morgan fingerprint density at radius 3 is 2.42 bits per heavy atom. The zero-order valence-corrected chi connectivity index (χ0v) is 19.0. The summed E-state index contributed by atoms with van der Waals surface area (Å²) in [6.07, 6.45) is 1.19. The number of hydrogen-bond donors (Lipinski definition) is 1. The van der Waals surface area contributed by atoms with Gasteiger partial charge in [0.2, 0.25) is 5.78 Å². The SMILES string of the molecule is CC(=O)OCC1O[C@H](Nc2ncc(C(=O)c3ccncc3)s2)C[C@@H](OC(C)=O)C1OC(C)=O. The van der Waals surface area contributed by atoms with Crippen LogP contribution in [-0.2, 0) is 33.3 Å². The molecule has 1 aliphatic heterocycles. The summed E-state index contributed by atoms with van der Waals surface area (Å²) < 4.78 is 21.6. The average Bonchev–Trinajstić information content (AvgIpc) is 3.22. The fourth-order valence-electron chi connectivity index (χ4n) is 3.26. The van der Waals surface area contributed by atoms with E-state index < -0.39 is 42.4 Å². The first-order valence-corrected chi connectivity index (χ1v) is 10.8. The lowest BCUT2D eigenvalue weighted by molar-refractivity contribution is -0.211. The molecule has 33 heavy (non-hydrogen) atoms. The van der Waals surface area contributed by atoms with E-state index in [1.165, 1.54) is 39.4 Å². The van der Waals surface area contributed by atoms with E-state index in [-0.39, 0.29) is 18.8 Å². The summed E-state index contributed by atoms with van der Waals surface area (Å²) in [5, 5.41) is 3.45. The van der Waals surface area contributed by atoms with E-state index in [9.17, 15) is 19.2 Å². The fraction of sp³-hybridized carbons (Fsp3) is 0.429. The van der Waals surface area contributed by atoms with Gasteiger partial charge in [-0.25, -0.2) is 4.98 Å². The van der Waals surface area contributed by atoms with Crippen molar-refractivity contribution in [1.82, 2.24) is 9.97 Å². The molecule has 0 amide bonds. The Morgan fingerprint density at radius 2 is 1.79 bits per heavy atom. The maximum absolute atomic E-state index is 12.6. The van der Waals surface area contributed by atoms with Gasteiger partial charge in [-0.2, -0.15) is 0 Å². The molecule has 3 heterocycles.